The molecule has 1 atom stereocenters. The number of carbonyl (C=O) groups excluding carboxylic acids is 1. The highest BCUT2D eigenvalue weighted by atomic mass is 32.1. The van der Waals surface area contributed by atoms with Crippen molar-refractivity contribution in [1.82, 2.24) is 19.7 Å². The predicted molar refractivity (Wildman–Crippen MR) is 118 cm³/mol. The van der Waals surface area contributed by atoms with E-state index < -0.39 is 0 Å². The molecular formula is C21H21N7OS. The molecule has 4 heterocycles. The number of para-hydroxylation sites is 1. The number of anilines is 2. The smallest absolute Gasteiger partial charge is 0.275 e. The van der Waals surface area contributed by atoms with E-state index in [4.69, 9.17) is 5.73 Å². The maximum absolute atomic E-state index is 12.9. The van der Waals surface area contributed by atoms with Crippen LogP contribution in [0, 0.1) is 0 Å². The summed E-state index contributed by atoms with van der Waals surface area (Å²) in [5.41, 5.74) is 9.03. The normalized spacial score (nSPS) is 16.7. The quantitative estimate of drug-likeness (QED) is 0.527. The average molecular weight is 420 g/mol. The number of pyridine rings is 1. The van der Waals surface area contributed by atoms with Gasteiger partial charge in [0.1, 0.15) is 5.69 Å². The van der Waals surface area contributed by atoms with E-state index in [9.17, 15) is 4.79 Å². The van der Waals surface area contributed by atoms with Crippen LogP contribution in [0.3, 0.4) is 0 Å². The highest BCUT2D eigenvalue weighted by Gasteiger charge is 2.21. The van der Waals surface area contributed by atoms with Gasteiger partial charge >= 0.3 is 0 Å². The summed E-state index contributed by atoms with van der Waals surface area (Å²) in [5, 5.41) is 10.8. The Morgan fingerprint density at radius 3 is 3.03 bits per heavy atom. The number of fused-ring (bicyclic) bond motifs is 1. The molecule has 0 aliphatic carbocycles. The molecular weight excluding hydrogens is 398 g/mol. The molecule has 5 rings (SSSR count). The SMILES string of the molecule is NC1CCCN(c2ccncc2NC(=O)c2csc(-n3ncc4ccccc43)n2)C1. The zero-order chi connectivity index (χ0) is 20.5. The number of hydrogen-bond acceptors (Lipinski definition) is 7. The zero-order valence-corrected chi connectivity index (χ0v) is 17.0. The molecule has 0 saturated carbocycles. The molecule has 0 spiro atoms. The summed E-state index contributed by atoms with van der Waals surface area (Å²) in [6.07, 6.45) is 7.25. The lowest BCUT2D eigenvalue weighted by atomic mass is 10.1. The fraction of sp³-hybridized carbons (Fsp3) is 0.238. The molecule has 30 heavy (non-hydrogen) atoms. The average Bonchev–Trinajstić information content (AvgIpc) is 3.41. The topological polar surface area (TPSA) is 102 Å². The lowest BCUT2D eigenvalue weighted by Crippen LogP contribution is -2.43. The minimum absolute atomic E-state index is 0.139. The van der Waals surface area contributed by atoms with E-state index >= 15 is 0 Å². The van der Waals surface area contributed by atoms with Gasteiger partial charge < -0.3 is 16.0 Å². The summed E-state index contributed by atoms with van der Waals surface area (Å²) >= 11 is 1.38. The first-order valence-electron chi connectivity index (χ1n) is 9.83. The van der Waals surface area contributed by atoms with Gasteiger partial charge in [0.15, 0.2) is 0 Å². The Labute approximate surface area is 177 Å². The standard InChI is InChI=1S/C21H21N7OS/c22-15-5-3-9-27(12-15)19-7-8-23-11-16(19)25-20(29)17-13-30-21(26-17)28-18-6-2-1-4-14(18)10-24-28/h1-2,4,6-8,10-11,13,15H,3,5,9,12,22H2,(H,25,29). The van der Waals surface area contributed by atoms with Gasteiger partial charge in [-0.25, -0.2) is 9.67 Å². The van der Waals surface area contributed by atoms with Crippen LogP contribution < -0.4 is 16.0 Å². The van der Waals surface area contributed by atoms with E-state index in [-0.39, 0.29) is 11.9 Å². The summed E-state index contributed by atoms with van der Waals surface area (Å²) in [6.45, 7) is 1.67. The van der Waals surface area contributed by atoms with Gasteiger partial charge in [-0.1, -0.05) is 18.2 Å². The van der Waals surface area contributed by atoms with Gasteiger partial charge in [-0.2, -0.15) is 5.10 Å². The van der Waals surface area contributed by atoms with Crippen molar-refractivity contribution in [2.45, 2.75) is 18.9 Å². The molecule has 1 fully saturated rings. The van der Waals surface area contributed by atoms with Crippen molar-refractivity contribution < 1.29 is 4.79 Å². The fourth-order valence-electron chi connectivity index (χ4n) is 3.76. The van der Waals surface area contributed by atoms with Gasteiger partial charge in [-0.3, -0.25) is 9.78 Å². The summed E-state index contributed by atoms with van der Waals surface area (Å²) in [4.78, 5) is 23.8. The molecule has 152 valence electrons. The Bertz CT molecular complexity index is 1200. The first-order valence-corrected chi connectivity index (χ1v) is 10.7. The lowest BCUT2D eigenvalue weighted by molar-refractivity contribution is 0.102. The van der Waals surface area contributed by atoms with Crippen LogP contribution >= 0.6 is 11.3 Å². The summed E-state index contributed by atoms with van der Waals surface area (Å²) < 4.78 is 1.75. The zero-order valence-electron chi connectivity index (χ0n) is 16.2. The molecule has 0 radical (unpaired) electrons. The van der Waals surface area contributed by atoms with Gasteiger partial charge in [-0.15, -0.1) is 11.3 Å². The van der Waals surface area contributed by atoms with Gasteiger partial charge in [0.05, 0.1) is 29.3 Å². The monoisotopic (exact) mass is 419 g/mol. The number of hydrogen-bond donors (Lipinski definition) is 2. The Kier molecular flexibility index (Phi) is 4.89. The minimum atomic E-state index is -0.274. The molecule has 3 aromatic heterocycles. The van der Waals surface area contributed by atoms with Crippen molar-refractivity contribution in [3.05, 3.63) is 60.0 Å². The van der Waals surface area contributed by atoms with Crippen molar-refractivity contribution in [3.8, 4) is 5.13 Å². The van der Waals surface area contributed by atoms with Crippen molar-refractivity contribution in [2.75, 3.05) is 23.3 Å². The lowest BCUT2D eigenvalue weighted by Gasteiger charge is -2.33. The van der Waals surface area contributed by atoms with E-state index in [0.717, 1.165) is 42.5 Å². The molecule has 1 aromatic carbocycles. The Hall–Kier alpha value is -3.30. The van der Waals surface area contributed by atoms with Gasteiger partial charge in [-0.05, 0) is 25.0 Å². The van der Waals surface area contributed by atoms with Crippen molar-refractivity contribution in [3.63, 3.8) is 0 Å². The van der Waals surface area contributed by atoms with Gasteiger partial charge in [0.2, 0.25) is 5.13 Å². The summed E-state index contributed by atoms with van der Waals surface area (Å²) in [5.74, 6) is -0.274. The van der Waals surface area contributed by atoms with Crippen LogP contribution in [0.15, 0.2) is 54.3 Å². The van der Waals surface area contributed by atoms with E-state index in [0.29, 0.717) is 16.5 Å². The number of carbonyl (C=O) groups is 1. The van der Waals surface area contributed by atoms with Crippen LogP contribution in [-0.2, 0) is 0 Å². The number of rotatable bonds is 4. The number of nitrogens with zero attached hydrogens (tertiary/aromatic N) is 5. The fourth-order valence-corrected chi connectivity index (χ4v) is 4.54. The number of nitrogens with two attached hydrogens (primary N) is 1. The highest BCUT2D eigenvalue weighted by molar-refractivity contribution is 7.12. The van der Waals surface area contributed by atoms with Crippen LogP contribution in [0.2, 0.25) is 0 Å². The molecule has 9 heteroatoms. The largest absolute Gasteiger partial charge is 0.368 e. The number of piperidine rings is 1. The third-order valence-corrected chi connectivity index (χ3v) is 6.04. The van der Waals surface area contributed by atoms with Crippen molar-refractivity contribution in [2.24, 2.45) is 5.73 Å². The second-order valence-corrected chi connectivity index (χ2v) is 8.16. The van der Waals surface area contributed by atoms with Crippen LogP contribution in [0.1, 0.15) is 23.3 Å². The van der Waals surface area contributed by atoms with Crippen LogP contribution in [-0.4, -0.2) is 44.8 Å². The molecule has 3 N–H and O–H groups in total. The van der Waals surface area contributed by atoms with E-state index in [1.165, 1.54) is 11.3 Å². The maximum atomic E-state index is 12.9. The third-order valence-electron chi connectivity index (χ3n) is 5.23. The number of amides is 1. The van der Waals surface area contributed by atoms with E-state index in [1.807, 2.05) is 30.3 Å². The van der Waals surface area contributed by atoms with Crippen molar-refractivity contribution in [1.29, 1.82) is 0 Å². The molecule has 1 unspecified atom stereocenters. The van der Waals surface area contributed by atoms with E-state index in [2.05, 4.69) is 25.3 Å². The number of benzene rings is 1. The Morgan fingerprint density at radius 1 is 1.23 bits per heavy atom. The molecule has 1 aliphatic rings. The Morgan fingerprint density at radius 2 is 2.13 bits per heavy atom. The first-order chi connectivity index (χ1) is 14.7. The highest BCUT2D eigenvalue weighted by Crippen LogP contribution is 2.28. The Balaban J connectivity index is 1.38. The van der Waals surface area contributed by atoms with Gasteiger partial charge in [0.25, 0.3) is 5.91 Å². The predicted octanol–water partition coefficient (Wildman–Crippen LogP) is 3.06. The summed E-state index contributed by atoms with van der Waals surface area (Å²) in [6, 6.07) is 9.95. The number of nitrogens with one attached hydrogen (secondary N) is 1. The van der Waals surface area contributed by atoms with Crippen LogP contribution in [0.5, 0.6) is 0 Å². The molecule has 4 aromatic rings. The molecule has 8 nitrogen and oxygen atoms in total. The third kappa shape index (κ3) is 3.53. The molecule has 0 bridgehead atoms. The minimum Gasteiger partial charge on any atom is -0.368 e. The van der Waals surface area contributed by atoms with Crippen molar-refractivity contribution >= 4 is 39.5 Å². The van der Waals surface area contributed by atoms with Gasteiger partial charge in [0, 0.05) is 36.1 Å². The second-order valence-electron chi connectivity index (χ2n) is 7.33. The van der Waals surface area contributed by atoms with Crippen LogP contribution in [0.4, 0.5) is 11.4 Å². The molecule has 1 aliphatic heterocycles. The molecule has 1 amide bonds. The number of aromatic nitrogens is 4. The maximum Gasteiger partial charge on any atom is 0.275 e. The molecule has 1 saturated heterocycles. The van der Waals surface area contributed by atoms with E-state index in [1.54, 1.807) is 28.7 Å². The number of thiazole rings is 1. The van der Waals surface area contributed by atoms with Crippen LogP contribution in [0.25, 0.3) is 16.0 Å². The second kappa shape index (κ2) is 7.85. The summed E-state index contributed by atoms with van der Waals surface area (Å²) in [7, 11) is 0. The first kappa shape index (κ1) is 18.7.